The maximum Gasteiger partial charge on any atom is 0.270 e. The number of methoxy groups -OCH3 is 1. The molecule has 1 aliphatic rings. The lowest BCUT2D eigenvalue weighted by Crippen LogP contribution is -2.30. The van der Waals surface area contributed by atoms with Gasteiger partial charge in [-0.25, -0.2) is 0 Å². The smallest absolute Gasteiger partial charge is 0.270 e. The van der Waals surface area contributed by atoms with Gasteiger partial charge in [-0.15, -0.1) is 0 Å². The Hall–Kier alpha value is -2.19. The van der Waals surface area contributed by atoms with Gasteiger partial charge in [0.1, 0.15) is 0 Å². The van der Waals surface area contributed by atoms with Crippen molar-refractivity contribution < 1.29 is 14.5 Å². The highest BCUT2D eigenvalue weighted by atomic mass is 16.6. The number of benzene rings is 1. The van der Waals surface area contributed by atoms with E-state index in [4.69, 9.17) is 10.6 Å². The van der Waals surface area contributed by atoms with E-state index >= 15 is 0 Å². The Balaban J connectivity index is 2.22. The molecule has 3 N–H and O–H groups in total. The lowest BCUT2D eigenvalue weighted by atomic mass is 10.1. The molecule has 0 bridgehead atoms. The van der Waals surface area contributed by atoms with Gasteiger partial charge in [-0.3, -0.25) is 20.8 Å². The Morgan fingerprint density at radius 2 is 2.38 bits per heavy atom. The second kappa shape index (κ2) is 6.51. The third kappa shape index (κ3) is 3.29. The molecule has 1 heterocycles. The van der Waals surface area contributed by atoms with Gasteiger partial charge in [0, 0.05) is 38.2 Å². The van der Waals surface area contributed by atoms with Gasteiger partial charge in [-0.05, 0) is 12.5 Å². The van der Waals surface area contributed by atoms with Crippen LogP contribution in [0.2, 0.25) is 0 Å². The first-order valence-corrected chi connectivity index (χ1v) is 6.60. The second-order valence-corrected chi connectivity index (χ2v) is 4.99. The minimum atomic E-state index is -0.533. The SMILES string of the molecule is COCC1CCN(C(=O)c2cc([N+](=O)[O-])ccc2NN)C1. The van der Waals surface area contributed by atoms with E-state index in [0.29, 0.717) is 31.3 Å². The molecule has 1 saturated heterocycles. The van der Waals surface area contributed by atoms with Crippen LogP contribution in [-0.2, 0) is 4.74 Å². The summed E-state index contributed by atoms with van der Waals surface area (Å²) in [4.78, 5) is 24.5. The van der Waals surface area contributed by atoms with Crippen molar-refractivity contribution in [2.24, 2.45) is 11.8 Å². The molecule has 1 atom stereocenters. The van der Waals surface area contributed by atoms with Gasteiger partial charge in [-0.1, -0.05) is 0 Å². The van der Waals surface area contributed by atoms with Crippen LogP contribution in [0.3, 0.4) is 0 Å². The van der Waals surface area contributed by atoms with Gasteiger partial charge in [0.25, 0.3) is 11.6 Å². The van der Waals surface area contributed by atoms with Crippen molar-refractivity contribution in [3.05, 3.63) is 33.9 Å². The molecule has 21 heavy (non-hydrogen) atoms. The van der Waals surface area contributed by atoms with Crippen molar-refractivity contribution in [3.63, 3.8) is 0 Å². The number of carbonyl (C=O) groups is 1. The number of nitrogens with two attached hydrogens (primary N) is 1. The van der Waals surface area contributed by atoms with Crippen molar-refractivity contribution in [2.75, 3.05) is 32.2 Å². The minimum Gasteiger partial charge on any atom is -0.384 e. The molecule has 1 unspecified atom stereocenters. The number of carbonyl (C=O) groups excluding carboxylic acids is 1. The van der Waals surface area contributed by atoms with Crippen LogP contribution < -0.4 is 11.3 Å². The Bertz CT molecular complexity index is 549. The summed E-state index contributed by atoms with van der Waals surface area (Å²) in [6, 6.07) is 4.00. The zero-order valence-electron chi connectivity index (χ0n) is 11.7. The fourth-order valence-electron chi connectivity index (χ4n) is 2.51. The summed E-state index contributed by atoms with van der Waals surface area (Å²) < 4.78 is 5.10. The van der Waals surface area contributed by atoms with Crippen LogP contribution in [0.1, 0.15) is 16.8 Å². The fraction of sp³-hybridized carbons (Fsp3) is 0.462. The van der Waals surface area contributed by atoms with Crippen molar-refractivity contribution in [1.82, 2.24) is 4.90 Å². The van der Waals surface area contributed by atoms with Crippen LogP contribution in [0.15, 0.2) is 18.2 Å². The zero-order valence-corrected chi connectivity index (χ0v) is 11.7. The molecule has 1 amide bonds. The van der Waals surface area contributed by atoms with E-state index in [2.05, 4.69) is 5.43 Å². The molecule has 1 aromatic rings. The number of hydrazine groups is 1. The molecule has 0 saturated carbocycles. The quantitative estimate of drug-likeness (QED) is 0.476. The van der Waals surface area contributed by atoms with E-state index in [9.17, 15) is 14.9 Å². The Kier molecular flexibility index (Phi) is 4.71. The Morgan fingerprint density at radius 1 is 1.62 bits per heavy atom. The van der Waals surface area contributed by atoms with Crippen molar-refractivity contribution in [2.45, 2.75) is 6.42 Å². The van der Waals surface area contributed by atoms with Gasteiger partial charge in [0.2, 0.25) is 0 Å². The number of hydrogen-bond donors (Lipinski definition) is 2. The summed E-state index contributed by atoms with van der Waals surface area (Å²) in [5, 5.41) is 10.8. The summed E-state index contributed by atoms with van der Waals surface area (Å²) in [7, 11) is 1.63. The average Bonchev–Trinajstić information content (AvgIpc) is 2.94. The first-order chi connectivity index (χ1) is 10.1. The first-order valence-electron chi connectivity index (χ1n) is 6.60. The van der Waals surface area contributed by atoms with E-state index in [-0.39, 0.29) is 17.2 Å². The van der Waals surface area contributed by atoms with E-state index in [0.717, 1.165) is 6.42 Å². The topological polar surface area (TPSA) is 111 Å². The molecular formula is C13H18N4O4. The highest BCUT2D eigenvalue weighted by molar-refractivity contribution is 6.00. The minimum absolute atomic E-state index is 0.134. The summed E-state index contributed by atoms with van der Waals surface area (Å²) in [6.45, 7) is 1.79. The molecule has 1 aromatic carbocycles. The monoisotopic (exact) mass is 294 g/mol. The molecule has 8 nitrogen and oxygen atoms in total. The maximum absolute atomic E-state index is 12.5. The maximum atomic E-state index is 12.5. The van der Waals surface area contributed by atoms with Crippen LogP contribution >= 0.6 is 0 Å². The zero-order chi connectivity index (χ0) is 15.4. The second-order valence-electron chi connectivity index (χ2n) is 4.99. The number of non-ortho nitro benzene ring substituents is 1. The number of nitro groups is 1. The molecule has 1 fully saturated rings. The Labute approximate surface area is 122 Å². The van der Waals surface area contributed by atoms with E-state index in [1.807, 2.05) is 0 Å². The molecule has 114 valence electrons. The highest BCUT2D eigenvalue weighted by Crippen LogP contribution is 2.25. The predicted molar refractivity (Wildman–Crippen MR) is 76.8 cm³/mol. The number of nitrogen functional groups attached to an aromatic ring is 1. The third-order valence-electron chi connectivity index (χ3n) is 3.58. The molecular weight excluding hydrogens is 276 g/mol. The number of rotatable bonds is 5. The van der Waals surface area contributed by atoms with Gasteiger partial charge >= 0.3 is 0 Å². The number of nitrogens with zero attached hydrogens (tertiary/aromatic N) is 2. The lowest BCUT2D eigenvalue weighted by molar-refractivity contribution is -0.384. The van der Waals surface area contributed by atoms with Crippen molar-refractivity contribution in [1.29, 1.82) is 0 Å². The van der Waals surface area contributed by atoms with Gasteiger partial charge in [0.05, 0.1) is 22.8 Å². The van der Waals surface area contributed by atoms with Crippen LogP contribution in [-0.4, -0.2) is 42.5 Å². The molecule has 0 aromatic heterocycles. The summed E-state index contributed by atoms with van der Waals surface area (Å²) in [6.07, 6.45) is 0.861. The fourth-order valence-corrected chi connectivity index (χ4v) is 2.51. The van der Waals surface area contributed by atoms with Crippen LogP contribution in [0.4, 0.5) is 11.4 Å². The van der Waals surface area contributed by atoms with Gasteiger partial charge in [0.15, 0.2) is 0 Å². The van der Waals surface area contributed by atoms with E-state index in [1.54, 1.807) is 12.0 Å². The van der Waals surface area contributed by atoms with Gasteiger partial charge < -0.3 is 15.1 Å². The normalized spacial score (nSPS) is 17.8. The van der Waals surface area contributed by atoms with E-state index < -0.39 is 4.92 Å². The number of hydrogen-bond acceptors (Lipinski definition) is 6. The first kappa shape index (κ1) is 15.2. The summed E-state index contributed by atoms with van der Waals surface area (Å²) in [5.41, 5.74) is 2.86. The Morgan fingerprint density at radius 3 is 3.00 bits per heavy atom. The third-order valence-corrected chi connectivity index (χ3v) is 3.58. The standard InChI is InChI=1S/C13H18N4O4/c1-21-8-9-4-5-16(7-9)13(18)11-6-10(17(19)20)2-3-12(11)15-14/h2-3,6,9,15H,4-5,7-8,14H2,1H3. The summed E-state index contributed by atoms with van der Waals surface area (Å²) in [5.74, 6) is 5.42. The average molecular weight is 294 g/mol. The molecule has 8 heteroatoms. The number of nitro benzene ring substituents is 1. The molecule has 0 aliphatic carbocycles. The van der Waals surface area contributed by atoms with Gasteiger partial charge in [-0.2, -0.15) is 0 Å². The van der Waals surface area contributed by atoms with Crippen LogP contribution in [0.5, 0.6) is 0 Å². The predicted octanol–water partition coefficient (Wildman–Crippen LogP) is 0.989. The lowest BCUT2D eigenvalue weighted by Gasteiger charge is -2.18. The number of amides is 1. The largest absolute Gasteiger partial charge is 0.384 e. The van der Waals surface area contributed by atoms with Crippen LogP contribution in [0, 0.1) is 16.0 Å². The van der Waals surface area contributed by atoms with Crippen molar-refractivity contribution in [3.8, 4) is 0 Å². The number of nitrogens with one attached hydrogen (secondary N) is 1. The van der Waals surface area contributed by atoms with Crippen molar-refractivity contribution >= 4 is 17.3 Å². The van der Waals surface area contributed by atoms with Crippen LogP contribution in [0.25, 0.3) is 0 Å². The molecule has 2 rings (SSSR count). The van der Waals surface area contributed by atoms with E-state index in [1.165, 1.54) is 18.2 Å². The molecule has 0 spiro atoms. The molecule has 1 aliphatic heterocycles. The number of ether oxygens (including phenoxy) is 1. The highest BCUT2D eigenvalue weighted by Gasteiger charge is 2.29. The summed E-state index contributed by atoms with van der Waals surface area (Å²) >= 11 is 0. The molecule has 0 radical (unpaired) electrons. The number of anilines is 1. The number of likely N-dealkylation sites (tertiary alicyclic amines) is 1.